The van der Waals surface area contributed by atoms with E-state index in [1.807, 2.05) is 6.92 Å². The van der Waals surface area contributed by atoms with Crippen LogP contribution >= 0.6 is 0 Å². The van der Waals surface area contributed by atoms with E-state index in [9.17, 15) is 9.59 Å². The molecule has 1 saturated carbocycles. The fourth-order valence-corrected chi connectivity index (χ4v) is 1.51. The Kier molecular flexibility index (Phi) is 3.45. The van der Waals surface area contributed by atoms with Gasteiger partial charge < -0.3 is 14.9 Å². The molecule has 0 atom stereocenters. The van der Waals surface area contributed by atoms with Gasteiger partial charge in [-0.05, 0) is 33.6 Å². The highest BCUT2D eigenvalue weighted by molar-refractivity contribution is 5.85. The van der Waals surface area contributed by atoms with Gasteiger partial charge in [0.25, 0.3) is 0 Å². The molecule has 16 heavy (non-hydrogen) atoms. The van der Waals surface area contributed by atoms with Crippen molar-refractivity contribution in [1.82, 2.24) is 9.80 Å². The molecule has 1 aliphatic rings. The molecule has 0 bridgehead atoms. The SMILES string of the molecule is CCN(C(=O)N(C)C(C)(C)C(=O)O)C1CC1. The van der Waals surface area contributed by atoms with Crippen molar-refractivity contribution >= 4 is 12.0 Å². The van der Waals surface area contributed by atoms with Gasteiger partial charge in [0.2, 0.25) is 0 Å². The number of carboxylic acids is 1. The highest BCUT2D eigenvalue weighted by Gasteiger charge is 2.40. The van der Waals surface area contributed by atoms with Crippen LogP contribution in [-0.4, -0.2) is 52.1 Å². The van der Waals surface area contributed by atoms with E-state index >= 15 is 0 Å². The molecular weight excluding hydrogens is 208 g/mol. The van der Waals surface area contributed by atoms with Gasteiger partial charge in [0.1, 0.15) is 5.54 Å². The van der Waals surface area contributed by atoms with Crippen molar-refractivity contribution in [2.75, 3.05) is 13.6 Å². The molecule has 0 spiro atoms. The molecule has 0 aromatic heterocycles. The highest BCUT2D eigenvalue weighted by Crippen LogP contribution is 2.28. The molecule has 2 amide bonds. The molecule has 0 aliphatic heterocycles. The molecule has 1 N–H and O–H groups in total. The van der Waals surface area contributed by atoms with E-state index in [0.717, 1.165) is 12.8 Å². The number of rotatable bonds is 4. The Morgan fingerprint density at radius 2 is 1.88 bits per heavy atom. The standard InChI is InChI=1S/C11H20N2O3/c1-5-13(8-6-7-8)10(16)12(4)11(2,3)9(14)15/h8H,5-7H2,1-4H3,(H,14,15). The van der Waals surface area contributed by atoms with Gasteiger partial charge in [0.05, 0.1) is 0 Å². The summed E-state index contributed by atoms with van der Waals surface area (Å²) >= 11 is 0. The summed E-state index contributed by atoms with van der Waals surface area (Å²) in [5.74, 6) is -0.991. The third kappa shape index (κ3) is 2.28. The first-order chi connectivity index (χ1) is 7.32. The van der Waals surface area contributed by atoms with E-state index in [1.54, 1.807) is 11.9 Å². The number of carbonyl (C=O) groups excluding carboxylic acids is 1. The fraction of sp³-hybridized carbons (Fsp3) is 0.818. The van der Waals surface area contributed by atoms with E-state index in [4.69, 9.17) is 5.11 Å². The van der Waals surface area contributed by atoms with Crippen LogP contribution in [0.15, 0.2) is 0 Å². The highest BCUT2D eigenvalue weighted by atomic mass is 16.4. The predicted molar refractivity (Wildman–Crippen MR) is 60.3 cm³/mol. The number of carboxylic acid groups (broad SMARTS) is 1. The van der Waals surface area contributed by atoms with Crippen molar-refractivity contribution < 1.29 is 14.7 Å². The monoisotopic (exact) mass is 228 g/mol. The normalized spacial score (nSPS) is 15.8. The summed E-state index contributed by atoms with van der Waals surface area (Å²) in [6.07, 6.45) is 2.06. The van der Waals surface area contributed by atoms with Crippen LogP contribution in [0.3, 0.4) is 0 Å². The molecule has 5 heteroatoms. The van der Waals surface area contributed by atoms with Gasteiger partial charge in [0, 0.05) is 19.6 Å². The third-order valence-corrected chi connectivity index (χ3v) is 3.22. The summed E-state index contributed by atoms with van der Waals surface area (Å²) in [4.78, 5) is 26.2. The number of likely N-dealkylation sites (N-methyl/N-ethyl adjacent to an activating group) is 1. The summed E-state index contributed by atoms with van der Waals surface area (Å²) in [6.45, 7) is 5.61. The molecular formula is C11H20N2O3. The first kappa shape index (κ1) is 12.8. The Morgan fingerprint density at radius 3 is 2.19 bits per heavy atom. The average Bonchev–Trinajstić information content (AvgIpc) is 3.01. The minimum atomic E-state index is -1.17. The average molecular weight is 228 g/mol. The summed E-state index contributed by atoms with van der Waals surface area (Å²) in [6, 6.07) is 0.113. The number of aliphatic carboxylic acids is 1. The van der Waals surface area contributed by atoms with Crippen molar-refractivity contribution in [3.8, 4) is 0 Å². The quantitative estimate of drug-likeness (QED) is 0.791. The van der Waals surface area contributed by atoms with Crippen LogP contribution < -0.4 is 0 Å². The Hall–Kier alpha value is -1.26. The van der Waals surface area contributed by atoms with Gasteiger partial charge >= 0.3 is 12.0 Å². The van der Waals surface area contributed by atoms with E-state index < -0.39 is 11.5 Å². The molecule has 1 aliphatic carbocycles. The molecule has 0 aromatic rings. The van der Waals surface area contributed by atoms with E-state index in [-0.39, 0.29) is 6.03 Å². The summed E-state index contributed by atoms with van der Waals surface area (Å²) in [5.41, 5.74) is -1.17. The molecule has 0 aromatic carbocycles. The second kappa shape index (κ2) is 4.31. The van der Waals surface area contributed by atoms with E-state index in [1.165, 1.54) is 18.7 Å². The van der Waals surface area contributed by atoms with Crippen LogP contribution in [0.1, 0.15) is 33.6 Å². The molecule has 0 radical (unpaired) electrons. The van der Waals surface area contributed by atoms with Crippen LogP contribution in [-0.2, 0) is 4.79 Å². The van der Waals surface area contributed by atoms with Crippen LogP contribution in [0, 0.1) is 0 Å². The zero-order chi connectivity index (χ0) is 12.5. The summed E-state index contributed by atoms with van der Waals surface area (Å²) in [7, 11) is 1.54. The number of amides is 2. The van der Waals surface area contributed by atoms with Gasteiger partial charge in [-0.3, -0.25) is 0 Å². The Balaban J connectivity index is 2.75. The zero-order valence-corrected chi connectivity index (χ0v) is 10.4. The molecule has 0 saturated heterocycles. The van der Waals surface area contributed by atoms with Crippen LogP contribution in [0.2, 0.25) is 0 Å². The number of carbonyl (C=O) groups is 2. The lowest BCUT2D eigenvalue weighted by atomic mass is 10.0. The lowest BCUT2D eigenvalue weighted by molar-refractivity contribution is -0.147. The number of hydrogen-bond donors (Lipinski definition) is 1. The second-order valence-electron chi connectivity index (χ2n) is 4.72. The summed E-state index contributed by atoms with van der Waals surface area (Å²) in [5, 5.41) is 9.06. The Bertz CT molecular complexity index is 298. The fourth-order valence-electron chi connectivity index (χ4n) is 1.51. The number of nitrogens with zero attached hydrogens (tertiary/aromatic N) is 2. The molecule has 5 nitrogen and oxygen atoms in total. The molecule has 1 fully saturated rings. The Labute approximate surface area is 96.0 Å². The minimum absolute atomic E-state index is 0.197. The van der Waals surface area contributed by atoms with Crippen LogP contribution in [0.25, 0.3) is 0 Å². The van der Waals surface area contributed by atoms with Gasteiger partial charge in [-0.25, -0.2) is 9.59 Å². The van der Waals surface area contributed by atoms with Crippen molar-refractivity contribution in [2.24, 2.45) is 0 Å². The van der Waals surface area contributed by atoms with E-state index in [0.29, 0.717) is 12.6 Å². The lowest BCUT2D eigenvalue weighted by Gasteiger charge is -2.35. The maximum atomic E-state index is 12.1. The van der Waals surface area contributed by atoms with Gasteiger partial charge in [-0.2, -0.15) is 0 Å². The van der Waals surface area contributed by atoms with Crippen molar-refractivity contribution in [3.05, 3.63) is 0 Å². The molecule has 0 heterocycles. The van der Waals surface area contributed by atoms with Crippen molar-refractivity contribution in [3.63, 3.8) is 0 Å². The van der Waals surface area contributed by atoms with Crippen molar-refractivity contribution in [1.29, 1.82) is 0 Å². The molecule has 1 rings (SSSR count). The lowest BCUT2D eigenvalue weighted by Crippen LogP contribution is -2.55. The van der Waals surface area contributed by atoms with Crippen LogP contribution in [0.5, 0.6) is 0 Å². The zero-order valence-electron chi connectivity index (χ0n) is 10.4. The van der Waals surface area contributed by atoms with Gasteiger partial charge in [-0.15, -0.1) is 0 Å². The Morgan fingerprint density at radius 1 is 1.38 bits per heavy atom. The maximum absolute atomic E-state index is 12.1. The summed E-state index contributed by atoms with van der Waals surface area (Å²) < 4.78 is 0. The van der Waals surface area contributed by atoms with E-state index in [2.05, 4.69) is 0 Å². The van der Waals surface area contributed by atoms with Gasteiger partial charge in [0.15, 0.2) is 0 Å². The smallest absolute Gasteiger partial charge is 0.329 e. The largest absolute Gasteiger partial charge is 0.480 e. The third-order valence-electron chi connectivity index (χ3n) is 3.22. The predicted octanol–water partition coefficient (Wildman–Crippen LogP) is 1.39. The van der Waals surface area contributed by atoms with Crippen molar-refractivity contribution in [2.45, 2.75) is 45.2 Å². The number of urea groups is 1. The topological polar surface area (TPSA) is 60.9 Å². The number of hydrogen-bond acceptors (Lipinski definition) is 2. The second-order valence-corrected chi connectivity index (χ2v) is 4.72. The van der Waals surface area contributed by atoms with Gasteiger partial charge in [-0.1, -0.05) is 0 Å². The minimum Gasteiger partial charge on any atom is -0.480 e. The maximum Gasteiger partial charge on any atom is 0.329 e. The molecule has 0 unspecified atom stereocenters. The van der Waals surface area contributed by atoms with Crippen LogP contribution in [0.4, 0.5) is 4.79 Å². The first-order valence-electron chi connectivity index (χ1n) is 5.60. The molecule has 92 valence electrons. The first-order valence-corrected chi connectivity index (χ1v) is 5.60.